The van der Waals surface area contributed by atoms with E-state index in [-0.39, 0.29) is 23.2 Å². The highest BCUT2D eigenvalue weighted by Crippen LogP contribution is 2.34. The summed E-state index contributed by atoms with van der Waals surface area (Å²) in [5.74, 6) is 1.12. The summed E-state index contributed by atoms with van der Waals surface area (Å²) in [5.41, 5.74) is 1.73. The molecule has 1 aromatic rings. The SMILES string of the molecule is CCCCCCNC(=O)C1CSC(CC(C)C)N1C(=O)c1cccc(C)c1. The molecule has 1 saturated heterocycles. The first-order valence-electron chi connectivity index (χ1n) is 10.2. The Hall–Kier alpha value is -1.49. The molecule has 0 aliphatic carbocycles. The Kier molecular flexibility index (Phi) is 8.68. The maximum absolute atomic E-state index is 13.3. The van der Waals surface area contributed by atoms with Crippen LogP contribution >= 0.6 is 11.8 Å². The molecular weight excluding hydrogens is 356 g/mol. The number of unbranched alkanes of at least 4 members (excludes halogenated alkanes) is 3. The Labute approximate surface area is 168 Å². The maximum Gasteiger partial charge on any atom is 0.255 e. The predicted molar refractivity (Wildman–Crippen MR) is 114 cm³/mol. The number of benzene rings is 1. The quantitative estimate of drug-likeness (QED) is 0.626. The molecule has 0 radical (unpaired) electrons. The van der Waals surface area contributed by atoms with Gasteiger partial charge in [-0.25, -0.2) is 0 Å². The zero-order valence-corrected chi connectivity index (χ0v) is 18.0. The van der Waals surface area contributed by atoms with E-state index in [0.29, 0.717) is 23.8 Å². The van der Waals surface area contributed by atoms with Crippen LogP contribution in [-0.4, -0.2) is 40.4 Å². The third-order valence-corrected chi connectivity index (χ3v) is 6.21. The number of nitrogens with zero attached hydrogens (tertiary/aromatic N) is 1. The van der Waals surface area contributed by atoms with Crippen LogP contribution in [0.5, 0.6) is 0 Å². The lowest BCUT2D eigenvalue weighted by Gasteiger charge is -2.30. The molecule has 2 unspecified atom stereocenters. The molecule has 1 aliphatic heterocycles. The summed E-state index contributed by atoms with van der Waals surface area (Å²) < 4.78 is 0. The van der Waals surface area contributed by atoms with Gasteiger partial charge in [0.25, 0.3) is 5.91 Å². The molecular formula is C22H34N2O2S. The zero-order valence-electron chi connectivity index (χ0n) is 17.2. The first-order valence-corrected chi connectivity index (χ1v) is 11.3. The zero-order chi connectivity index (χ0) is 19.8. The van der Waals surface area contributed by atoms with Gasteiger partial charge in [0.05, 0.1) is 5.37 Å². The van der Waals surface area contributed by atoms with Crippen molar-refractivity contribution in [1.29, 1.82) is 0 Å². The van der Waals surface area contributed by atoms with Crippen molar-refractivity contribution in [3.63, 3.8) is 0 Å². The van der Waals surface area contributed by atoms with Gasteiger partial charge in [-0.15, -0.1) is 11.8 Å². The van der Waals surface area contributed by atoms with Crippen molar-refractivity contribution < 1.29 is 9.59 Å². The Balaban J connectivity index is 2.10. The van der Waals surface area contributed by atoms with E-state index in [9.17, 15) is 9.59 Å². The molecule has 1 fully saturated rings. The summed E-state index contributed by atoms with van der Waals surface area (Å²) >= 11 is 1.73. The number of thioether (sulfide) groups is 1. The summed E-state index contributed by atoms with van der Waals surface area (Å²) in [4.78, 5) is 27.9. The van der Waals surface area contributed by atoms with Crippen LogP contribution in [0.2, 0.25) is 0 Å². The van der Waals surface area contributed by atoms with E-state index in [1.807, 2.05) is 36.1 Å². The van der Waals surface area contributed by atoms with Crippen molar-refractivity contribution in [2.24, 2.45) is 5.92 Å². The molecule has 0 aromatic heterocycles. The normalized spacial score (nSPS) is 19.5. The van der Waals surface area contributed by atoms with Crippen LogP contribution in [0.15, 0.2) is 24.3 Å². The molecule has 5 heteroatoms. The smallest absolute Gasteiger partial charge is 0.255 e. The third kappa shape index (κ3) is 6.27. The predicted octanol–water partition coefficient (Wildman–Crippen LogP) is 4.62. The van der Waals surface area contributed by atoms with E-state index < -0.39 is 0 Å². The van der Waals surface area contributed by atoms with E-state index >= 15 is 0 Å². The molecule has 27 heavy (non-hydrogen) atoms. The minimum Gasteiger partial charge on any atom is -0.354 e. The Morgan fingerprint density at radius 3 is 2.70 bits per heavy atom. The van der Waals surface area contributed by atoms with Crippen LogP contribution < -0.4 is 5.32 Å². The summed E-state index contributed by atoms with van der Waals surface area (Å²) in [6.45, 7) is 9.19. The van der Waals surface area contributed by atoms with E-state index in [1.165, 1.54) is 12.8 Å². The molecule has 1 N–H and O–H groups in total. The first kappa shape index (κ1) is 21.8. The maximum atomic E-state index is 13.3. The number of hydrogen-bond acceptors (Lipinski definition) is 3. The minimum atomic E-state index is -0.377. The molecule has 2 atom stereocenters. The second-order valence-electron chi connectivity index (χ2n) is 7.87. The van der Waals surface area contributed by atoms with Crippen molar-refractivity contribution in [2.45, 2.75) is 71.2 Å². The lowest BCUT2D eigenvalue weighted by atomic mass is 10.1. The fourth-order valence-corrected chi connectivity index (χ4v) is 5.07. The number of nitrogens with one attached hydrogen (secondary N) is 1. The highest BCUT2D eigenvalue weighted by molar-refractivity contribution is 8.00. The van der Waals surface area contributed by atoms with E-state index in [4.69, 9.17) is 0 Å². The summed E-state index contributed by atoms with van der Waals surface area (Å²) in [5, 5.41) is 3.12. The van der Waals surface area contributed by atoms with Crippen molar-refractivity contribution in [1.82, 2.24) is 10.2 Å². The van der Waals surface area contributed by atoms with Crippen LogP contribution in [0.4, 0.5) is 0 Å². The number of carbonyl (C=O) groups is 2. The van der Waals surface area contributed by atoms with Gasteiger partial charge < -0.3 is 10.2 Å². The fourth-order valence-electron chi connectivity index (χ4n) is 3.43. The first-order chi connectivity index (χ1) is 12.9. The van der Waals surface area contributed by atoms with E-state index in [2.05, 4.69) is 26.1 Å². The third-order valence-electron chi connectivity index (χ3n) is 4.90. The average Bonchev–Trinajstić information content (AvgIpc) is 3.03. The van der Waals surface area contributed by atoms with Gasteiger partial charge in [0.15, 0.2) is 0 Å². The number of aryl methyl sites for hydroxylation is 1. The Morgan fingerprint density at radius 2 is 2.04 bits per heavy atom. The van der Waals surface area contributed by atoms with Crippen LogP contribution in [0.1, 0.15) is 68.8 Å². The lowest BCUT2D eigenvalue weighted by molar-refractivity contribution is -0.124. The molecule has 1 heterocycles. The molecule has 0 spiro atoms. The van der Waals surface area contributed by atoms with Gasteiger partial charge in [-0.05, 0) is 37.8 Å². The van der Waals surface area contributed by atoms with Crippen LogP contribution in [-0.2, 0) is 4.79 Å². The van der Waals surface area contributed by atoms with Crippen molar-refractivity contribution in [3.05, 3.63) is 35.4 Å². The number of rotatable bonds is 9. The highest BCUT2D eigenvalue weighted by Gasteiger charge is 2.41. The van der Waals surface area contributed by atoms with Crippen LogP contribution in [0.25, 0.3) is 0 Å². The fraction of sp³-hybridized carbons (Fsp3) is 0.636. The summed E-state index contributed by atoms with van der Waals surface area (Å²) in [7, 11) is 0. The molecule has 1 aromatic carbocycles. The molecule has 1 aliphatic rings. The lowest BCUT2D eigenvalue weighted by Crippen LogP contribution is -2.50. The van der Waals surface area contributed by atoms with Gasteiger partial charge in [-0.1, -0.05) is 57.7 Å². The van der Waals surface area contributed by atoms with Gasteiger partial charge >= 0.3 is 0 Å². The monoisotopic (exact) mass is 390 g/mol. The number of amides is 2. The summed E-state index contributed by atoms with van der Waals surface area (Å²) in [6.07, 6.45) is 5.42. The van der Waals surface area contributed by atoms with Crippen molar-refractivity contribution in [2.75, 3.05) is 12.3 Å². The number of hydrogen-bond donors (Lipinski definition) is 1. The van der Waals surface area contributed by atoms with Crippen LogP contribution in [0, 0.1) is 12.8 Å². The van der Waals surface area contributed by atoms with Crippen molar-refractivity contribution in [3.8, 4) is 0 Å². The average molecular weight is 391 g/mol. The van der Waals surface area contributed by atoms with Gasteiger partial charge in [0.1, 0.15) is 6.04 Å². The van der Waals surface area contributed by atoms with E-state index in [0.717, 1.165) is 24.8 Å². The van der Waals surface area contributed by atoms with Crippen LogP contribution in [0.3, 0.4) is 0 Å². The van der Waals surface area contributed by atoms with E-state index in [1.54, 1.807) is 11.8 Å². The Bertz CT molecular complexity index is 632. The molecule has 2 rings (SSSR count). The minimum absolute atomic E-state index is 0.00809. The largest absolute Gasteiger partial charge is 0.354 e. The second kappa shape index (κ2) is 10.7. The van der Waals surface area contributed by atoms with Gasteiger partial charge in [0.2, 0.25) is 5.91 Å². The molecule has 0 bridgehead atoms. The molecule has 4 nitrogen and oxygen atoms in total. The second-order valence-corrected chi connectivity index (χ2v) is 9.08. The van der Waals surface area contributed by atoms with Gasteiger partial charge in [-0.3, -0.25) is 9.59 Å². The summed E-state index contributed by atoms with van der Waals surface area (Å²) in [6, 6.07) is 7.29. The van der Waals surface area contributed by atoms with Gasteiger partial charge in [0, 0.05) is 17.9 Å². The van der Waals surface area contributed by atoms with Crippen molar-refractivity contribution >= 4 is 23.6 Å². The molecule has 2 amide bonds. The standard InChI is InChI=1S/C22H34N2O2S/c1-5-6-7-8-12-23-21(25)19-15-27-20(13-16(2)3)24(19)22(26)18-11-9-10-17(4)14-18/h9-11,14,16,19-20H,5-8,12-13,15H2,1-4H3,(H,23,25). The molecule has 150 valence electrons. The van der Waals surface area contributed by atoms with Gasteiger partial charge in [-0.2, -0.15) is 0 Å². The topological polar surface area (TPSA) is 49.4 Å². The number of carbonyl (C=O) groups excluding carboxylic acids is 2. The molecule has 0 saturated carbocycles. The highest BCUT2D eigenvalue weighted by atomic mass is 32.2. The Morgan fingerprint density at radius 1 is 1.26 bits per heavy atom.